The molecule has 19 heavy (non-hydrogen) atoms. The van der Waals surface area contributed by atoms with E-state index in [0.29, 0.717) is 5.69 Å². The normalized spacial score (nSPS) is 12.0. The molecule has 0 saturated heterocycles. The highest BCUT2D eigenvalue weighted by Gasteiger charge is 2.34. The average Bonchev–Trinajstić information content (AvgIpc) is 2.37. The van der Waals surface area contributed by atoms with Crippen molar-refractivity contribution in [3.63, 3.8) is 0 Å². The third-order valence-corrected chi connectivity index (χ3v) is 2.31. The molecule has 2 rings (SSSR count). The fourth-order valence-corrected chi connectivity index (χ4v) is 1.46. The molecule has 0 spiro atoms. The zero-order valence-electron chi connectivity index (χ0n) is 9.53. The molecule has 0 fully saturated rings. The first-order valence-corrected chi connectivity index (χ1v) is 5.29. The van der Waals surface area contributed by atoms with Crippen molar-refractivity contribution in [2.24, 2.45) is 4.99 Å². The highest BCUT2D eigenvalue weighted by Crippen LogP contribution is 2.37. The largest absolute Gasteiger partial charge is 0.418 e. The van der Waals surface area contributed by atoms with Gasteiger partial charge in [0.05, 0.1) is 17.5 Å². The molecule has 0 aliphatic carbocycles. The van der Waals surface area contributed by atoms with Crippen molar-refractivity contribution in [1.82, 2.24) is 4.98 Å². The second-order valence-electron chi connectivity index (χ2n) is 3.65. The van der Waals surface area contributed by atoms with Gasteiger partial charge in [-0.15, -0.1) is 0 Å². The fourth-order valence-electron chi connectivity index (χ4n) is 1.46. The molecule has 0 bridgehead atoms. The molecule has 6 heteroatoms. The van der Waals surface area contributed by atoms with E-state index in [0.717, 1.165) is 24.4 Å². The minimum atomic E-state index is -4.65. The monoisotopic (exact) mass is 268 g/mol. The average molecular weight is 268 g/mol. The summed E-state index contributed by atoms with van der Waals surface area (Å²) in [5.41, 5.74) is -1.50. The van der Waals surface area contributed by atoms with Crippen LogP contribution in [0.3, 0.4) is 0 Å². The lowest BCUT2D eigenvalue weighted by molar-refractivity contribution is -0.137. The molecular weight excluding hydrogens is 260 g/mol. The number of rotatable bonds is 2. The third-order valence-electron chi connectivity index (χ3n) is 2.31. The molecule has 98 valence electrons. The summed E-state index contributed by atoms with van der Waals surface area (Å²) in [6.07, 6.45) is -2.10. The highest BCUT2D eigenvalue weighted by molar-refractivity contribution is 5.80. The van der Waals surface area contributed by atoms with Crippen LogP contribution >= 0.6 is 0 Å². The Labute approximate surface area is 106 Å². The van der Waals surface area contributed by atoms with Gasteiger partial charge in [-0.05, 0) is 24.3 Å². The van der Waals surface area contributed by atoms with Crippen LogP contribution in [-0.4, -0.2) is 11.2 Å². The predicted octanol–water partition coefficient (Wildman–Crippen LogP) is 3.99. The number of aliphatic imine (C=N–C) groups is 1. The summed E-state index contributed by atoms with van der Waals surface area (Å²) in [5, 5.41) is 0. The number of pyridine rings is 1. The maximum Gasteiger partial charge on any atom is 0.418 e. The van der Waals surface area contributed by atoms with E-state index in [2.05, 4.69) is 9.98 Å². The first-order valence-electron chi connectivity index (χ1n) is 5.29. The van der Waals surface area contributed by atoms with Crippen LogP contribution in [0.25, 0.3) is 0 Å². The quantitative estimate of drug-likeness (QED) is 0.597. The second-order valence-corrected chi connectivity index (χ2v) is 3.65. The van der Waals surface area contributed by atoms with Crippen LogP contribution in [0, 0.1) is 5.82 Å². The van der Waals surface area contributed by atoms with E-state index in [4.69, 9.17) is 0 Å². The molecule has 0 unspecified atom stereocenters. The number of hydrogen-bond donors (Lipinski definition) is 0. The second kappa shape index (κ2) is 5.17. The van der Waals surface area contributed by atoms with Crippen LogP contribution in [0.15, 0.2) is 47.6 Å². The molecule has 1 aromatic heterocycles. The molecule has 0 saturated carbocycles. The number of aromatic nitrogens is 1. The lowest BCUT2D eigenvalue weighted by Crippen LogP contribution is -2.06. The van der Waals surface area contributed by atoms with Crippen LogP contribution in [0.5, 0.6) is 0 Å². The van der Waals surface area contributed by atoms with Gasteiger partial charge in [-0.25, -0.2) is 4.39 Å². The smallest absolute Gasteiger partial charge is 0.255 e. The van der Waals surface area contributed by atoms with Crippen molar-refractivity contribution >= 4 is 11.9 Å². The summed E-state index contributed by atoms with van der Waals surface area (Å²) in [6.45, 7) is 0. The Morgan fingerprint density at radius 1 is 1.05 bits per heavy atom. The SMILES string of the molecule is Fc1cccc(C(F)(F)F)c1N=Cc1ccccn1. The fraction of sp³-hybridized carbons (Fsp3) is 0.0769. The number of hydrogen-bond acceptors (Lipinski definition) is 2. The summed E-state index contributed by atoms with van der Waals surface area (Å²) >= 11 is 0. The van der Waals surface area contributed by atoms with Gasteiger partial charge in [0.1, 0.15) is 11.5 Å². The Hall–Kier alpha value is -2.24. The molecule has 0 amide bonds. The van der Waals surface area contributed by atoms with Crippen LogP contribution < -0.4 is 0 Å². The first-order chi connectivity index (χ1) is 8.98. The highest BCUT2D eigenvalue weighted by atomic mass is 19.4. The predicted molar refractivity (Wildman–Crippen MR) is 62.9 cm³/mol. The molecule has 0 atom stereocenters. The molecule has 0 N–H and O–H groups in total. The molecule has 2 nitrogen and oxygen atoms in total. The van der Waals surface area contributed by atoms with E-state index >= 15 is 0 Å². The van der Waals surface area contributed by atoms with Crippen molar-refractivity contribution in [2.75, 3.05) is 0 Å². The Bertz CT molecular complexity index is 591. The third kappa shape index (κ3) is 3.15. The Morgan fingerprint density at radius 3 is 2.47 bits per heavy atom. The molecule has 1 heterocycles. The number of alkyl halides is 3. The van der Waals surface area contributed by atoms with Crippen molar-refractivity contribution in [3.8, 4) is 0 Å². The molecule has 2 aromatic rings. The van der Waals surface area contributed by atoms with Gasteiger partial charge in [0.15, 0.2) is 0 Å². The number of halogens is 4. The van der Waals surface area contributed by atoms with Crippen LogP contribution in [0.4, 0.5) is 23.2 Å². The van der Waals surface area contributed by atoms with Gasteiger partial charge in [0, 0.05) is 6.20 Å². The summed E-state index contributed by atoms with van der Waals surface area (Å²) in [5.74, 6) is -1.03. The lowest BCUT2D eigenvalue weighted by Gasteiger charge is -2.09. The molecule has 0 aliphatic heterocycles. The molecule has 0 radical (unpaired) electrons. The van der Waals surface area contributed by atoms with E-state index in [9.17, 15) is 17.6 Å². The summed E-state index contributed by atoms with van der Waals surface area (Å²) in [7, 11) is 0. The van der Waals surface area contributed by atoms with Gasteiger partial charge in [-0.1, -0.05) is 12.1 Å². The number of para-hydroxylation sites is 1. The zero-order chi connectivity index (χ0) is 13.9. The first kappa shape index (κ1) is 13.2. The van der Waals surface area contributed by atoms with Crippen LogP contribution in [0.2, 0.25) is 0 Å². The summed E-state index contributed by atoms with van der Waals surface area (Å²) < 4.78 is 51.5. The van der Waals surface area contributed by atoms with Gasteiger partial charge >= 0.3 is 6.18 Å². The summed E-state index contributed by atoms with van der Waals surface area (Å²) in [4.78, 5) is 7.42. The molecule has 1 aromatic carbocycles. The van der Waals surface area contributed by atoms with Crippen molar-refractivity contribution in [3.05, 3.63) is 59.7 Å². The van der Waals surface area contributed by atoms with Crippen molar-refractivity contribution in [2.45, 2.75) is 6.18 Å². The maximum absolute atomic E-state index is 13.4. The van der Waals surface area contributed by atoms with E-state index in [-0.39, 0.29) is 0 Å². The standard InChI is InChI=1S/C13H8F4N2/c14-11-6-3-5-10(13(15,16)17)12(11)19-8-9-4-1-2-7-18-9/h1-8H. The Balaban J connectivity index is 2.43. The van der Waals surface area contributed by atoms with Gasteiger partial charge in [-0.2, -0.15) is 13.2 Å². The maximum atomic E-state index is 13.4. The van der Waals surface area contributed by atoms with Gasteiger partial charge in [-0.3, -0.25) is 9.98 Å². The van der Waals surface area contributed by atoms with Gasteiger partial charge < -0.3 is 0 Å². The number of nitrogens with zero attached hydrogens (tertiary/aromatic N) is 2. The van der Waals surface area contributed by atoms with Crippen molar-refractivity contribution in [1.29, 1.82) is 0 Å². The molecule has 0 aliphatic rings. The van der Waals surface area contributed by atoms with Gasteiger partial charge in [0.25, 0.3) is 0 Å². The lowest BCUT2D eigenvalue weighted by atomic mass is 10.1. The van der Waals surface area contributed by atoms with Crippen molar-refractivity contribution < 1.29 is 17.6 Å². The van der Waals surface area contributed by atoms with E-state index in [1.54, 1.807) is 18.2 Å². The summed E-state index contributed by atoms with van der Waals surface area (Å²) in [6, 6.07) is 7.58. The van der Waals surface area contributed by atoms with Crippen LogP contribution in [-0.2, 0) is 6.18 Å². The van der Waals surface area contributed by atoms with E-state index < -0.39 is 23.2 Å². The Morgan fingerprint density at radius 2 is 1.84 bits per heavy atom. The minimum Gasteiger partial charge on any atom is -0.255 e. The Kier molecular flexibility index (Phi) is 3.59. The number of benzene rings is 1. The minimum absolute atomic E-state index is 0.346. The zero-order valence-corrected chi connectivity index (χ0v) is 9.53. The topological polar surface area (TPSA) is 25.2 Å². The van der Waals surface area contributed by atoms with E-state index in [1.807, 2.05) is 0 Å². The van der Waals surface area contributed by atoms with E-state index in [1.165, 1.54) is 6.20 Å². The molecular formula is C13H8F4N2. The van der Waals surface area contributed by atoms with Crippen LogP contribution in [0.1, 0.15) is 11.3 Å². The van der Waals surface area contributed by atoms with Gasteiger partial charge in [0.2, 0.25) is 0 Å².